The highest BCUT2D eigenvalue weighted by Crippen LogP contribution is 2.33. The highest BCUT2D eigenvalue weighted by molar-refractivity contribution is 7.92. The molecule has 0 unspecified atom stereocenters. The lowest BCUT2D eigenvalue weighted by atomic mass is 10.1. The van der Waals surface area contributed by atoms with Crippen LogP contribution < -0.4 is 5.32 Å². The summed E-state index contributed by atoms with van der Waals surface area (Å²) in [5.41, 5.74) is 0.472. The van der Waals surface area contributed by atoms with Crippen molar-refractivity contribution in [1.82, 2.24) is 14.8 Å². The van der Waals surface area contributed by atoms with Gasteiger partial charge in [0.1, 0.15) is 0 Å². The van der Waals surface area contributed by atoms with Crippen molar-refractivity contribution in [2.24, 2.45) is 11.1 Å². The fourth-order valence-electron chi connectivity index (χ4n) is 4.97. The first-order valence-corrected chi connectivity index (χ1v) is 16.4. The van der Waals surface area contributed by atoms with Crippen molar-refractivity contribution in [2.45, 2.75) is 68.9 Å². The van der Waals surface area contributed by atoms with Crippen LogP contribution in [-0.4, -0.2) is 91.0 Å². The van der Waals surface area contributed by atoms with Crippen LogP contribution in [0.2, 0.25) is 0 Å². The zero-order valence-corrected chi connectivity index (χ0v) is 25.2. The topological polar surface area (TPSA) is 130 Å². The maximum atomic E-state index is 13.4. The molecule has 0 radical (unpaired) electrons. The van der Waals surface area contributed by atoms with Gasteiger partial charge in [-0.05, 0) is 31.9 Å². The molecule has 0 spiro atoms. The van der Waals surface area contributed by atoms with Crippen molar-refractivity contribution < 1.29 is 27.6 Å². The van der Waals surface area contributed by atoms with E-state index in [9.17, 15) is 18.0 Å². The molecule has 3 fully saturated rings. The molecular weight excluding hydrogens is 566 g/mol. The summed E-state index contributed by atoms with van der Waals surface area (Å²) in [5.74, 6) is -0.339. The third kappa shape index (κ3) is 7.14. The van der Waals surface area contributed by atoms with E-state index in [0.29, 0.717) is 56.3 Å². The lowest BCUT2D eigenvalue weighted by Crippen LogP contribution is -2.54. The minimum atomic E-state index is -3.35. The number of benzene rings is 1. The summed E-state index contributed by atoms with van der Waals surface area (Å²) >= 11 is 1.38. The first-order valence-electron chi connectivity index (χ1n) is 14.1. The Morgan fingerprint density at radius 3 is 2.59 bits per heavy atom. The van der Waals surface area contributed by atoms with Gasteiger partial charge in [0.15, 0.2) is 26.8 Å². The summed E-state index contributed by atoms with van der Waals surface area (Å²) in [6, 6.07) is 6.32. The quantitative estimate of drug-likeness (QED) is 0.324. The zero-order chi connectivity index (χ0) is 29.1. The van der Waals surface area contributed by atoms with Crippen LogP contribution in [0.25, 0.3) is 0 Å². The van der Waals surface area contributed by atoms with Crippen molar-refractivity contribution in [2.75, 3.05) is 38.2 Å². The van der Waals surface area contributed by atoms with Gasteiger partial charge in [-0.3, -0.25) is 19.8 Å². The second-order valence-electron chi connectivity index (χ2n) is 11.2. The van der Waals surface area contributed by atoms with E-state index in [1.807, 2.05) is 18.7 Å². The molecule has 2 aliphatic heterocycles. The highest BCUT2D eigenvalue weighted by atomic mass is 32.2. The van der Waals surface area contributed by atoms with Gasteiger partial charge >= 0.3 is 0 Å². The van der Waals surface area contributed by atoms with Crippen LogP contribution in [0.5, 0.6) is 0 Å². The number of hydrogen-bond acceptors (Lipinski definition) is 10. The first kappa shape index (κ1) is 29.6. The van der Waals surface area contributed by atoms with Gasteiger partial charge in [-0.2, -0.15) is 0 Å². The van der Waals surface area contributed by atoms with Gasteiger partial charge < -0.3 is 14.5 Å². The summed E-state index contributed by atoms with van der Waals surface area (Å²) in [6.07, 6.45) is 3.53. The average Bonchev–Trinajstić information content (AvgIpc) is 3.53. The number of thiazole rings is 1. The Labute approximate surface area is 244 Å². The SMILES string of the molecule is CC(C)C(=O)N1CCN(Cc2cnc(NC(=O)C(=NO[C@@H]3CCOC3)c3ccc(S(=O)(=O)C4CC4)cc3)s2)C[C@@H]1C. The summed E-state index contributed by atoms with van der Waals surface area (Å²) in [5, 5.41) is 7.10. The number of carbonyl (C=O) groups is 2. The fraction of sp³-hybridized carbons (Fsp3) is 0.571. The van der Waals surface area contributed by atoms with Gasteiger partial charge in [-0.1, -0.05) is 31.1 Å². The molecule has 2 saturated heterocycles. The number of aromatic nitrogens is 1. The van der Waals surface area contributed by atoms with Gasteiger partial charge in [0, 0.05) is 61.2 Å². The van der Waals surface area contributed by atoms with E-state index in [2.05, 4.69) is 27.3 Å². The van der Waals surface area contributed by atoms with Crippen molar-refractivity contribution in [3.05, 3.63) is 40.9 Å². The molecule has 3 heterocycles. The van der Waals surface area contributed by atoms with E-state index < -0.39 is 15.7 Å². The Balaban J connectivity index is 1.25. The van der Waals surface area contributed by atoms with Crippen LogP contribution in [0.4, 0.5) is 5.13 Å². The predicted molar refractivity (Wildman–Crippen MR) is 156 cm³/mol. The van der Waals surface area contributed by atoms with Gasteiger partial charge in [0.25, 0.3) is 5.91 Å². The molecule has 2 aromatic rings. The number of rotatable bonds is 10. The Morgan fingerprint density at radius 2 is 1.95 bits per heavy atom. The Hall–Kier alpha value is -2.87. The average molecular weight is 604 g/mol. The van der Waals surface area contributed by atoms with Crippen LogP contribution >= 0.6 is 11.3 Å². The van der Waals surface area contributed by atoms with Crippen molar-refractivity contribution in [3.8, 4) is 0 Å². The third-order valence-corrected chi connectivity index (χ3v) is 10.6. The molecule has 2 atom stereocenters. The van der Waals surface area contributed by atoms with Crippen molar-refractivity contribution in [3.63, 3.8) is 0 Å². The molecule has 5 rings (SSSR count). The smallest absolute Gasteiger partial charge is 0.280 e. The second kappa shape index (κ2) is 12.6. The van der Waals surface area contributed by atoms with Crippen molar-refractivity contribution in [1.29, 1.82) is 0 Å². The highest BCUT2D eigenvalue weighted by Gasteiger charge is 2.37. The van der Waals surface area contributed by atoms with Gasteiger partial charge in [-0.15, -0.1) is 11.3 Å². The summed E-state index contributed by atoms with van der Waals surface area (Å²) in [4.78, 5) is 41.3. The largest absolute Gasteiger partial charge is 0.389 e. The summed E-state index contributed by atoms with van der Waals surface area (Å²) in [7, 11) is -3.35. The normalized spacial score (nSPS) is 22.2. The molecule has 1 aliphatic carbocycles. The zero-order valence-electron chi connectivity index (χ0n) is 23.6. The third-order valence-electron chi connectivity index (χ3n) is 7.46. The molecule has 13 heteroatoms. The second-order valence-corrected chi connectivity index (χ2v) is 14.5. The monoisotopic (exact) mass is 603 g/mol. The molecule has 0 bridgehead atoms. The molecule has 2 amide bonds. The number of anilines is 1. The van der Waals surface area contributed by atoms with Crippen LogP contribution in [0.15, 0.2) is 40.5 Å². The lowest BCUT2D eigenvalue weighted by molar-refractivity contribution is -0.139. The number of sulfone groups is 1. The summed E-state index contributed by atoms with van der Waals surface area (Å²) in [6.45, 7) is 9.78. The first-order chi connectivity index (χ1) is 19.6. The van der Waals surface area contributed by atoms with E-state index in [-0.39, 0.29) is 39.8 Å². The number of carbonyl (C=O) groups excluding carboxylic acids is 2. The molecule has 1 N–H and O–H groups in total. The lowest BCUT2D eigenvalue weighted by Gasteiger charge is -2.40. The molecular formula is C28H37N5O6S2. The van der Waals surface area contributed by atoms with E-state index >= 15 is 0 Å². The number of ether oxygens (including phenoxy) is 1. The molecule has 11 nitrogen and oxygen atoms in total. The van der Waals surface area contributed by atoms with Crippen LogP contribution in [0.1, 0.15) is 50.5 Å². The maximum absolute atomic E-state index is 13.4. The minimum Gasteiger partial charge on any atom is -0.389 e. The van der Waals surface area contributed by atoms with Crippen LogP contribution in [0.3, 0.4) is 0 Å². The number of amides is 2. The number of nitrogens with one attached hydrogen (secondary N) is 1. The van der Waals surface area contributed by atoms with Crippen LogP contribution in [-0.2, 0) is 35.5 Å². The van der Waals surface area contributed by atoms with Gasteiger partial charge in [0.05, 0.1) is 23.4 Å². The Bertz CT molecular complexity index is 1380. The molecule has 3 aliphatic rings. The van der Waals surface area contributed by atoms with Gasteiger partial charge in [0.2, 0.25) is 5.91 Å². The molecule has 41 heavy (non-hydrogen) atoms. The number of hydrogen-bond donors (Lipinski definition) is 1. The molecule has 1 saturated carbocycles. The standard InChI is InChI=1S/C28H37N5O6S2/c1-18(2)27(35)33-12-11-32(15-19(33)3)16-22-14-29-28(40-22)30-26(34)25(31-39-21-10-13-38-17-21)20-4-6-23(7-5-20)41(36,37)24-8-9-24/h4-7,14,18-19,21,24H,8-13,15-17H2,1-3H3,(H,29,30,34)/t19-,21+/m0/s1. The molecule has 1 aromatic heterocycles. The van der Waals surface area contributed by atoms with E-state index in [4.69, 9.17) is 9.57 Å². The van der Waals surface area contributed by atoms with Crippen LogP contribution in [0, 0.1) is 5.92 Å². The predicted octanol–water partition coefficient (Wildman–Crippen LogP) is 2.92. The van der Waals surface area contributed by atoms with Crippen molar-refractivity contribution >= 4 is 43.8 Å². The molecule has 222 valence electrons. The Kier molecular flexibility index (Phi) is 9.07. The summed E-state index contributed by atoms with van der Waals surface area (Å²) < 4.78 is 30.6. The van der Waals surface area contributed by atoms with E-state index in [1.165, 1.54) is 23.5 Å². The maximum Gasteiger partial charge on any atom is 0.280 e. The number of nitrogens with zero attached hydrogens (tertiary/aromatic N) is 4. The van der Waals surface area contributed by atoms with Gasteiger partial charge in [-0.25, -0.2) is 13.4 Å². The number of piperazine rings is 1. The number of oxime groups is 1. The minimum absolute atomic E-state index is 0.0179. The van der Waals surface area contributed by atoms with E-state index in [1.54, 1.807) is 18.3 Å². The molecule has 1 aromatic carbocycles. The fourth-order valence-corrected chi connectivity index (χ4v) is 7.48. The van der Waals surface area contributed by atoms with E-state index in [0.717, 1.165) is 18.0 Å². The Morgan fingerprint density at radius 1 is 1.20 bits per heavy atom.